The zero-order chi connectivity index (χ0) is 13.1. The van der Waals surface area contributed by atoms with Crippen LogP contribution < -0.4 is 4.90 Å². The van der Waals surface area contributed by atoms with Gasteiger partial charge in [0.15, 0.2) is 0 Å². The topological polar surface area (TPSA) is 20.3 Å². The molecule has 1 aliphatic heterocycles. The van der Waals surface area contributed by atoms with E-state index in [1.54, 1.807) is 6.92 Å². The van der Waals surface area contributed by atoms with Crippen LogP contribution >= 0.6 is 0 Å². The third-order valence-corrected chi connectivity index (χ3v) is 3.42. The van der Waals surface area contributed by atoms with E-state index in [-0.39, 0.29) is 5.78 Å². The molecule has 1 aliphatic rings. The van der Waals surface area contributed by atoms with E-state index in [1.165, 1.54) is 16.9 Å². The van der Waals surface area contributed by atoms with Crippen LogP contribution in [0.25, 0.3) is 0 Å². The monoisotopic (exact) mass is 243 g/mol. The lowest BCUT2D eigenvalue weighted by Gasteiger charge is -2.20. The smallest absolute Gasteiger partial charge is 0.134 e. The Kier molecular flexibility index (Phi) is 3.85. The van der Waals surface area contributed by atoms with Gasteiger partial charge in [0.2, 0.25) is 0 Å². The van der Waals surface area contributed by atoms with Crippen molar-refractivity contribution in [3.8, 4) is 0 Å². The van der Waals surface area contributed by atoms with Gasteiger partial charge in [-0.2, -0.15) is 0 Å². The largest absolute Gasteiger partial charge is 0.345 e. The van der Waals surface area contributed by atoms with Gasteiger partial charge < -0.3 is 4.90 Å². The Morgan fingerprint density at radius 2 is 2.17 bits per heavy atom. The summed E-state index contributed by atoms with van der Waals surface area (Å²) < 4.78 is 0. The molecule has 0 aromatic heterocycles. The lowest BCUT2D eigenvalue weighted by Crippen LogP contribution is -2.17. The van der Waals surface area contributed by atoms with Crippen molar-refractivity contribution >= 4 is 11.5 Å². The third-order valence-electron chi connectivity index (χ3n) is 3.42. The van der Waals surface area contributed by atoms with Crippen LogP contribution in [0.2, 0.25) is 0 Å². The number of Topliss-reactive ketones (excluding diaryl/α,β-unsaturated/α-hetero) is 1. The summed E-state index contributed by atoms with van der Waals surface area (Å²) in [5, 5.41) is 0. The number of allylic oxidation sites excluding steroid dienone is 2. The maximum absolute atomic E-state index is 11.2. The average molecular weight is 243 g/mol. The molecule has 0 radical (unpaired) electrons. The van der Waals surface area contributed by atoms with Crippen molar-refractivity contribution in [2.75, 3.05) is 11.4 Å². The molecular weight excluding hydrogens is 222 g/mol. The van der Waals surface area contributed by atoms with E-state index in [0.717, 1.165) is 24.9 Å². The molecule has 2 rings (SSSR count). The van der Waals surface area contributed by atoms with Crippen molar-refractivity contribution in [2.24, 2.45) is 0 Å². The Bertz CT molecular complexity index is 488. The summed E-state index contributed by atoms with van der Waals surface area (Å²) in [6, 6.07) is 6.43. The van der Waals surface area contributed by atoms with Crippen LogP contribution in [0.1, 0.15) is 38.3 Å². The number of fused-ring (bicyclic) bond motifs is 1. The van der Waals surface area contributed by atoms with Crippen LogP contribution in [0.5, 0.6) is 0 Å². The number of ketones is 1. The fraction of sp³-hybridized carbons (Fsp3) is 0.438. The summed E-state index contributed by atoms with van der Waals surface area (Å²) in [6.07, 6.45) is 4.96. The van der Waals surface area contributed by atoms with Gasteiger partial charge >= 0.3 is 0 Å². The molecular formula is C16H21NO. The minimum Gasteiger partial charge on any atom is -0.345 e. The molecule has 0 aliphatic carbocycles. The van der Waals surface area contributed by atoms with E-state index in [4.69, 9.17) is 0 Å². The van der Waals surface area contributed by atoms with Crippen LogP contribution in [-0.2, 0) is 17.6 Å². The predicted octanol–water partition coefficient (Wildman–Crippen LogP) is 3.49. The van der Waals surface area contributed by atoms with Gasteiger partial charge in [-0.15, -0.1) is 0 Å². The summed E-state index contributed by atoms with van der Waals surface area (Å²) in [7, 11) is 0. The number of carbonyl (C=O) groups is 1. The lowest BCUT2D eigenvalue weighted by molar-refractivity contribution is -0.116. The van der Waals surface area contributed by atoms with E-state index >= 15 is 0 Å². The van der Waals surface area contributed by atoms with Crippen LogP contribution in [0, 0.1) is 0 Å². The summed E-state index contributed by atoms with van der Waals surface area (Å²) >= 11 is 0. The predicted molar refractivity (Wildman–Crippen MR) is 75.9 cm³/mol. The van der Waals surface area contributed by atoms with Gasteiger partial charge in [0.1, 0.15) is 5.78 Å². The van der Waals surface area contributed by atoms with Crippen molar-refractivity contribution in [3.05, 3.63) is 41.1 Å². The van der Waals surface area contributed by atoms with E-state index in [0.29, 0.717) is 6.42 Å². The second-order valence-electron chi connectivity index (χ2n) is 5.00. The molecule has 0 amide bonds. The molecule has 0 unspecified atom stereocenters. The zero-order valence-electron chi connectivity index (χ0n) is 11.5. The SMILES string of the molecule is CC/C=C(\C)N1CCc2cc(CC(C)=O)ccc21. The molecule has 2 nitrogen and oxygen atoms in total. The Labute approximate surface area is 109 Å². The van der Waals surface area contributed by atoms with Crippen molar-refractivity contribution in [1.29, 1.82) is 0 Å². The van der Waals surface area contributed by atoms with Crippen molar-refractivity contribution in [2.45, 2.75) is 40.0 Å². The van der Waals surface area contributed by atoms with E-state index in [9.17, 15) is 4.79 Å². The van der Waals surface area contributed by atoms with E-state index in [2.05, 4.69) is 43.0 Å². The van der Waals surface area contributed by atoms with E-state index < -0.39 is 0 Å². The molecule has 1 aromatic rings. The van der Waals surface area contributed by atoms with Crippen molar-refractivity contribution < 1.29 is 4.79 Å². The number of hydrogen-bond donors (Lipinski definition) is 0. The Morgan fingerprint density at radius 3 is 2.83 bits per heavy atom. The quantitative estimate of drug-likeness (QED) is 0.806. The standard InChI is InChI=1S/C16H21NO/c1-4-5-12(2)17-9-8-15-11-14(10-13(3)18)6-7-16(15)17/h5-7,11H,4,8-10H2,1-3H3/b12-5+. The first-order valence-corrected chi connectivity index (χ1v) is 6.67. The second kappa shape index (κ2) is 5.38. The first-order chi connectivity index (χ1) is 8.61. The molecule has 0 bridgehead atoms. The molecule has 0 saturated heterocycles. The van der Waals surface area contributed by atoms with Crippen LogP contribution in [0.3, 0.4) is 0 Å². The molecule has 0 N–H and O–H groups in total. The number of anilines is 1. The first kappa shape index (κ1) is 12.9. The minimum atomic E-state index is 0.229. The third kappa shape index (κ3) is 2.63. The normalized spacial score (nSPS) is 14.8. The molecule has 0 atom stereocenters. The molecule has 18 heavy (non-hydrogen) atoms. The van der Waals surface area contributed by atoms with Gasteiger partial charge in [0, 0.05) is 24.4 Å². The van der Waals surface area contributed by atoms with Gasteiger partial charge in [-0.1, -0.05) is 25.1 Å². The fourth-order valence-electron chi connectivity index (χ4n) is 2.62. The Morgan fingerprint density at radius 1 is 1.39 bits per heavy atom. The van der Waals surface area contributed by atoms with Crippen LogP contribution in [-0.4, -0.2) is 12.3 Å². The lowest BCUT2D eigenvalue weighted by atomic mass is 10.0. The van der Waals surface area contributed by atoms with Gasteiger partial charge in [-0.3, -0.25) is 4.79 Å². The maximum atomic E-state index is 11.2. The molecule has 2 heteroatoms. The molecule has 1 aromatic carbocycles. The van der Waals surface area contributed by atoms with Gasteiger partial charge in [0.05, 0.1) is 0 Å². The number of nitrogens with zero attached hydrogens (tertiary/aromatic N) is 1. The Balaban J connectivity index is 2.25. The maximum Gasteiger partial charge on any atom is 0.134 e. The van der Waals surface area contributed by atoms with Gasteiger partial charge in [-0.05, 0) is 43.9 Å². The number of benzene rings is 1. The minimum absolute atomic E-state index is 0.229. The molecule has 0 fully saturated rings. The first-order valence-electron chi connectivity index (χ1n) is 6.67. The van der Waals surface area contributed by atoms with Crippen LogP contribution in [0.4, 0.5) is 5.69 Å². The number of carbonyl (C=O) groups excluding carboxylic acids is 1. The molecule has 0 spiro atoms. The van der Waals surface area contributed by atoms with E-state index in [1.807, 2.05) is 0 Å². The highest BCUT2D eigenvalue weighted by atomic mass is 16.1. The number of hydrogen-bond acceptors (Lipinski definition) is 2. The van der Waals surface area contributed by atoms with Crippen molar-refractivity contribution in [1.82, 2.24) is 0 Å². The summed E-state index contributed by atoms with van der Waals surface area (Å²) in [5.41, 5.74) is 5.15. The Hall–Kier alpha value is -1.57. The second-order valence-corrected chi connectivity index (χ2v) is 5.00. The average Bonchev–Trinajstić information content (AvgIpc) is 2.71. The highest BCUT2D eigenvalue weighted by Gasteiger charge is 2.20. The van der Waals surface area contributed by atoms with Gasteiger partial charge in [-0.25, -0.2) is 0 Å². The molecule has 0 saturated carbocycles. The molecule has 96 valence electrons. The van der Waals surface area contributed by atoms with Crippen LogP contribution in [0.15, 0.2) is 30.0 Å². The summed E-state index contributed by atoms with van der Waals surface area (Å²) in [6.45, 7) is 7.04. The summed E-state index contributed by atoms with van der Waals surface area (Å²) in [4.78, 5) is 13.5. The zero-order valence-corrected chi connectivity index (χ0v) is 11.5. The molecule has 1 heterocycles. The number of rotatable bonds is 4. The summed E-state index contributed by atoms with van der Waals surface area (Å²) in [5.74, 6) is 0.229. The van der Waals surface area contributed by atoms with Gasteiger partial charge in [0.25, 0.3) is 0 Å². The fourth-order valence-corrected chi connectivity index (χ4v) is 2.62. The highest BCUT2D eigenvalue weighted by Crippen LogP contribution is 2.31. The van der Waals surface area contributed by atoms with Crippen molar-refractivity contribution in [3.63, 3.8) is 0 Å². The highest BCUT2D eigenvalue weighted by molar-refractivity contribution is 5.78.